The molecule has 5 nitrogen and oxygen atoms in total. The molecule has 1 aromatic carbocycles. The Hall–Kier alpha value is -1.61. The maximum atomic E-state index is 10.4. The summed E-state index contributed by atoms with van der Waals surface area (Å²) < 4.78 is 29.8. The minimum absolute atomic E-state index is 0.0641. The third-order valence-corrected chi connectivity index (χ3v) is 1.84. The highest BCUT2D eigenvalue weighted by Crippen LogP contribution is 2.31. The van der Waals surface area contributed by atoms with Gasteiger partial charge in [0.2, 0.25) is 0 Å². The molecule has 0 N–H and O–H groups in total. The van der Waals surface area contributed by atoms with Crippen molar-refractivity contribution >= 4 is 14.2 Å². The fourth-order valence-electron chi connectivity index (χ4n) is 0.913. The Morgan fingerprint density at radius 3 is 2.50 bits per heavy atom. The fourth-order valence-corrected chi connectivity index (χ4v) is 1.22. The van der Waals surface area contributed by atoms with Crippen molar-refractivity contribution in [3.05, 3.63) is 23.8 Å². The van der Waals surface area contributed by atoms with Crippen LogP contribution in [0.3, 0.4) is 0 Å². The van der Waals surface area contributed by atoms with Crippen LogP contribution in [0.4, 0.5) is 0 Å². The van der Waals surface area contributed by atoms with Crippen LogP contribution < -0.4 is 9.26 Å². The Morgan fingerprint density at radius 2 is 2.00 bits per heavy atom. The second kappa shape index (κ2) is 4.58. The molecular weight excluding hydrogens is 207 g/mol. The number of ether oxygens (including phenoxy) is 1. The Kier molecular flexibility index (Phi) is 3.42. The predicted molar refractivity (Wildman–Crippen MR) is 47.3 cm³/mol. The molecule has 6 heteroatoms. The van der Waals surface area contributed by atoms with E-state index in [4.69, 9.17) is 4.74 Å². The maximum absolute atomic E-state index is 10.4. The Morgan fingerprint density at radius 1 is 1.29 bits per heavy atom. The standard InChI is InChI=1S/C8H7O5P/c1-12-8-4-6(5-9)2-3-7(8)13-14(10)11/h2-5H,1H3. The van der Waals surface area contributed by atoms with E-state index in [2.05, 4.69) is 4.52 Å². The van der Waals surface area contributed by atoms with Gasteiger partial charge in [0.05, 0.1) is 7.11 Å². The topological polar surface area (TPSA) is 69.7 Å². The average molecular weight is 214 g/mol. The maximum Gasteiger partial charge on any atom is 0.529 e. The van der Waals surface area contributed by atoms with Crippen molar-refractivity contribution in [1.82, 2.24) is 0 Å². The van der Waals surface area contributed by atoms with Crippen LogP contribution in [-0.2, 0) is 9.13 Å². The highest BCUT2D eigenvalue weighted by molar-refractivity contribution is 7.25. The molecule has 0 aliphatic carbocycles. The van der Waals surface area contributed by atoms with Crippen LogP contribution in [0.1, 0.15) is 10.4 Å². The molecule has 1 rings (SSSR count). The lowest BCUT2D eigenvalue weighted by molar-refractivity contribution is 0.112. The zero-order valence-corrected chi connectivity index (χ0v) is 8.19. The summed E-state index contributed by atoms with van der Waals surface area (Å²) in [5.74, 6) is 0.267. The largest absolute Gasteiger partial charge is 0.529 e. The summed E-state index contributed by atoms with van der Waals surface area (Å²) in [7, 11) is -1.63. The Balaban J connectivity index is 3.10. The molecule has 74 valence electrons. The van der Waals surface area contributed by atoms with Crippen molar-refractivity contribution in [2.24, 2.45) is 0 Å². The van der Waals surface area contributed by atoms with Gasteiger partial charge in [-0.05, 0) is 18.2 Å². The fraction of sp³-hybridized carbons (Fsp3) is 0.125. The first-order chi connectivity index (χ1) is 6.67. The molecule has 0 spiro atoms. The summed E-state index contributed by atoms with van der Waals surface area (Å²) in [6, 6.07) is 4.18. The highest BCUT2D eigenvalue weighted by atomic mass is 31.1. The summed E-state index contributed by atoms with van der Waals surface area (Å²) in [5, 5.41) is 0. The van der Waals surface area contributed by atoms with Gasteiger partial charge in [-0.2, -0.15) is 9.13 Å². The molecule has 0 bridgehead atoms. The molecule has 0 fully saturated rings. The van der Waals surface area contributed by atoms with Crippen molar-refractivity contribution in [3.8, 4) is 11.5 Å². The van der Waals surface area contributed by atoms with E-state index in [1.807, 2.05) is 0 Å². The second-order valence-electron chi connectivity index (χ2n) is 2.34. The van der Waals surface area contributed by atoms with Gasteiger partial charge in [0.1, 0.15) is 6.29 Å². The lowest BCUT2D eigenvalue weighted by Crippen LogP contribution is -1.89. The number of carbonyl (C=O) groups excluding carboxylic acids is 1. The van der Waals surface area contributed by atoms with Crippen LogP contribution in [0.5, 0.6) is 11.5 Å². The Bertz CT molecular complexity index is 402. The van der Waals surface area contributed by atoms with E-state index in [9.17, 15) is 13.9 Å². The van der Waals surface area contributed by atoms with E-state index >= 15 is 0 Å². The molecule has 0 radical (unpaired) electrons. The molecule has 0 saturated heterocycles. The van der Waals surface area contributed by atoms with Crippen LogP contribution in [0.2, 0.25) is 0 Å². The molecule has 14 heavy (non-hydrogen) atoms. The third kappa shape index (κ3) is 2.44. The van der Waals surface area contributed by atoms with Crippen molar-refractivity contribution < 1.29 is 23.2 Å². The molecule has 0 aromatic heterocycles. The molecule has 0 saturated carbocycles. The quantitative estimate of drug-likeness (QED) is 0.566. The molecule has 0 amide bonds. The lowest BCUT2D eigenvalue weighted by Gasteiger charge is -2.04. The SMILES string of the molecule is COc1cc(C=O)ccc1OP(=O)=O. The van der Waals surface area contributed by atoms with E-state index < -0.39 is 7.91 Å². The summed E-state index contributed by atoms with van der Waals surface area (Å²) in [4.78, 5) is 10.4. The molecule has 0 aliphatic rings. The molecular formula is C8H7O5P. The first-order valence-electron chi connectivity index (χ1n) is 3.63. The minimum Gasteiger partial charge on any atom is -0.493 e. The third-order valence-electron chi connectivity index (χ3n) is 1.50. The van der Waals surface area contributed by atoms with Crippen LogP contribution in [-0.4, -0.2) is 13.4 Å². The van der Waals surface area contributed by atoms with E-state index in [-0.39, 0.29) is 11.5 Å². The minimum atomic E-state index is -2.98. The normalized spacial score (nSPS) is 9.21. The summed E-state index contributed by atoms with van der Waals surface area (Å²) in [5.41, 5.74) is 0.385. The summed E-state index contributed by atoms with van der Waals surface area (Å²) in [6.07, 6.45) is 0.628. The second-order valence-corrected chi connectivity index (χ2v) is 2.97. The van der Waals surface area contributed by atoms with Gasteiger partial charge in [-0.1, -0.05) is 0 Å². The molecule has 0 atom stereocenters. The van der Waals surface area contributed by atoms with E-state index in [0.29, 0.717) is 11.8 Å². The number of benzene rings is 1. The van der Waals surface area contributed by atoms with Gasteiger partial charge in [-0.3, -0.25) is 4.79 Å². The highest BCUT2D eigenvalue weighted by Gasteiger charge is 2.07. The van der Waals surface area contributed by atoms with Crippen molar-refractivity contribution in [2.45, 2.75) is 0 Å². The van der Waals surface area contributed by atoms with Crippen molar-refractivity contribution in [3.63, 3.8) is 0 Å². The zero-order chi connectivity index (χ0) is 10.6. The summed E-state index contributed by atoms with van der Waals surface area (Å²) in [6.45, 7) is 0. The number of rotatable bonds is 4. The van der Waals surface area contributed by atoms with E-state index in [1.54, 1.807) is 0 Å². The first-order valence-corrected chi connectivity index (χ1v) is 4.72. The summed E-state index contributed by atoms with van der Waals surface area (Å²) >= 11 is 0. The molecule has 0 heterocycles. The number of methoxy groups -OCH3 is 1. The van der Waals surface area contributed by atoms with Crippen LogP contribution in [0.15, 0.2) is 18.2 Å². The van der Waals surface area contributed by atoms with Crippen LogP contribution in [0, 0.1) is 0 Å². The molecule has 1 aromatic rings. The van der Waals surface area contributed by atoms with Crippen molar-refractivity contribution in [2.75, 3.05) is 7.11 Å². The first kappa shape index (κ1) is 10.5. The lowest BCUT2D eigenvalue weighted by atomic mass is 10.2. The van der Waals surface area contributed by atoms with E-state index in [0.717, 1.165) is 0 Å². The predicted octanol–water partition coefficient (Wildman–Crippen LogP) is 1.97. The van der Waals surface area contributed by atoms with E-state index in [1.165, 1.54) is 25.3 Å². The van der Waals surface area contributed by atoms with Gasteiger partial charge < -0.3 is 9.26 Å². The number of carbonyl (C=O) groups is 1. The number of hydrogen-bond acceptors (Lipinski definition) is 5. The number of hydrogen-bond donors (Lipinski definition) is 0. The number of aldehydes is 1. The van der Waals surface area contributed by atoms with Gasteiger partial charge in [0, 0.05) is 5.56 Å². The zero-order valence-electron chi connectivity index (χ0n) is 7.30. The Labute approximate surface area is 80.5 Å². The van der Waals surface area contributed by atoms with Gasteiger partial charge in [0.15, 0.2) is 11.5 Å². The molecule has 0 unspecified atom stereocenters. The van der Waals surface area contributed by atoms with Crippen LogP contribution in [0.25, 0.3) is 0 Å². The van der Waals surface area contributed by atoms with Crippen molar-refractivity contribution in [1.29, 1.82) is 0 Å². The van der Waals surface area contributed by atoms with Crippen LogP contribution >= 0.6 is 7.91 Å². The smallest absolute Gasteiger partial charge is 0.493 e. The molecule has 0 aliphatic heterocycles. The average Bonchev–Trinajstić information content (AvgIpc) is 2.17. The monoisotopic (exact) mass is 214 g/mol. The van der Waals surface area contributed by atoms with Gasteiger partial charge >= 0.3 is 7.91 Å². The van der Waals surface area contributed by atoms with Gasteiger partial charge in [-0.15, -0.1) is 0 Å². The van der Waals surface area contributed by atoms with Gasteiger partial charge in [-0.25, -0.2) is 0 Å². The van der Waals surface area contributed by atoms with Gasteiger partial charge in [0.25, 0.3) is 0 Å².